The van der Waals surface area contributed by atoms with E-state index in [4.69, 9.17) is 9.47 Å². The zero-order valence-electron chi connectivity index (χ0n) is 12.6. The van der Waals surface area contributed by atoms with E-state index in [0.717, 1.165) is 28.3 Å². The molecular formula is C17H17N3O2. The van der Waals surface area contributed by atoms with Crippen LogP contribution in [0.5, 0.6) is 11.5 Å². The maximum absolute atomic E-state index is 5.16. The van der Waals surface area contributed by atoms with Crippen LogP contribution in [-0.2, 0) is 6.54 Å². The molecule has 0 N–H and O–H groups in total. The lowest BCUT2D eigenvalue weighted by Crippen LogP contribution is -2.00. The third kappa shape index (κ3) is 3.09. The van der Waals surface area contributed by atoms with Crippen LogP contribution in [0.15, 0.2) is 54.7 Å². The maximum atomic E-state index is 5.16. The molecule has 22 heavy (non-hydrogen) atoms. The van der Waals surface area contributed by atoms with E-state index in [1.54, 1.807) is 14.2 Å². The number of hydrogen-bond acceptors (Lipinski definition) is 4. The fraction of sp³-hybridized carbons (Fsp3) is 0.176. The Kier molecular flexibility index (Phi) is 4.05. The van der Waals surface area contributed by atoms with Gasteiger partial charge in [-0.25, -0.2) is 4.68 Å². The summed E-state index contributed by atoms with van der Waals surface area (Å²) >= 11 is 0. The molecule has 2 aromatic carbocycles. The van der Waals surface area contributed by atoms with Crippen molar-refractivity contribution in [3.05, 3.63) is 60.3 Å². The molecule has 0 unspecified atom stereocenters. The van der Waals surface area contributed by atoms with Gasteiger partial charge in [-0.05, 0) is 42.0 Å². The second-order valence-corrected chi connectivity index (χ2v) is 4.88. The number of benzene rings is 2. The molecule has 0 saturated heterocycles. The van der Waals surface area contributed by atoms with E-state index in [2.05, 4.69) is 10.3 Å². The summed E-state index contributed by atoms with van der Waals surface area (Å²) in [6.07, 6.45) is 1.94. The number of methoxy groups -OCH3 is 2. The monoisotopic (exact) mass is 295 g/mol. The zero-order chi connectivity index (χ0) is 15.4. The van der Waals surface area contributed by atoms with Gasteiger partial charge in [0, 0.05) is 5.56 Å². The first-order valence-electron chi connectivity index (χ1n) is 6.96. The van der Waals surface area contributed by atoms with Gasteiger partial charge in [0.1, 0.15) is 17.2 Å². The molecule has 112 valence electrons. The van der Waals surface area contributed by atoms with Crippen LogP contribution >= 0.6 is 0 Å². The average Bonchev–Trinajstić information content (AvgIpc) is 3.04. The molecule has 0 aliphatic rings. The number of nitrogens with zero attached hydrogens (tertiary/aromatic N) is 3. The van der Waals surface area contributed by atoms with E-state index >= 15 is 0 Å². The summed E-state index contributed by atoms with van der Waals surface area (Å²) in [7, 11) is 3.31. The Hall–Kier alpha value is -2.82. The van der Waals surface area contributed by atoms with E-state index in [0.29, 0.717) is 6.54 Å². The van der Waals surface area contributed by atoms with Crippen LogP contribution in [0.25, 0.3) is 11.3 Å². The largest absolute Gasteiger partial charge is 0.497 e. The summed E-state index contributed by atoms with van der Waals surface area (Å²) in [5, 5.41) is 8.40. The van der Waals surface area contributed by atoms with Crippen molar-refractivity contribution in [3.8, 4) is 22.8 Å². The maximum Gasteiger partial charge on any atom is 0.118 e. The second kappa shape index (κ2) is 6.30. The smallest absolute Gasteiger partial charge is 0.118 e. The first-order chi connectivity index (χ1) is 10.8. The molecule has 5 nitrogen and oxygen atoms in total. The zero-order valence-corrected chi connectivity index (χ0v) is 12.6. The first-order valence-corrected chi connectivity index (χ1v) is 6.96. The molecule has 0 saturated carbocycles. The van der Waals surface area contributed by atoms with Crippen LogP contribution in [0, 0.1) is 0 Å². The summed E-state index contributed by atoms with van der Waals surface area (Å²) in [5.41, 5.74) is 3.00. The lowest BCUT2D eigenvalue weighted by atomic mass is 10.1. The Bertz CT molecular complexity index is 733. The molecule has 0 fully saturated rings. The lowest BCUT2D eigenvalue weighted by molar-refractivity contribution is 0.414. The standard InChI is InChI=1S/C17H17N3O2/c1-21-15-7-3-13(4-8-15)11-20-12-17(18-19-20)14-5-9-16(22-2)10-6-14/h3-10,12H,11H2,1-2H3. The van der Waals surface area contributed by atoms with Crippen LogP contribution < -0.4 is 9.47 Å². The van der Waals surface area contributed by atoms with Crippen LogP contribution in [0.3, 0.4) is 0 Å². The second-order valence-electron chi connectivity index (χ2n) is 4.88. The average molecular weight is 295 g/mol. The predicted octanol–water partition coefficient (Wildman–Crippen LogP) is 3.01. The summed E-state index contributed by atoms with van der Waals surface area (Å²) in [5.74, 6) is 1.68. The number of ether oxygens (including phenoxy) is 2. The van der Waals surface area contributed by atoms with Crippen molar-refractivity contribution >= 4 is 0 Å². The quantitative estimate of drug-likeness (QED) is 0.726. The molecule has 1 heterocycles. The predicted molar refractivity (Wildman–Crippen MR) is 84.1 cm³/mol. The highest BCUT2D eigenvalue weighted by molar-refractivity contribution is 5.58. The first kappa shape index (κ1) is 14.1. The highest BCUT2D eigenvalue weighted by atomic mass is 16.5. The number of hydrogen-bond donors (Lipinski definition) is 0. The molecule has 0 radical (unpaired) electrons. The fourth-order valence-electron chi connectivity index (χ4n) is 2.19. The van der Waals surface area contributed by atoms with Crippen molar-refractivity contribution in [2.24, 2.45) is 0 Å². The summed E-state index contributed by atoms with van der Waals surface area (Å²) in [4.78, 5) is 0. The van der Waals surface area contributed by atoms with Crippen molar-refractivity contribution in [2.75, 3.05) is 14.2 Å². The van der Waals surface area contributed by atoms with Crippen molar-refractivity contribution < 1.29 is 9.47 Å². The van der Waals surface area contributed by atoms with Crippen LogP contribution in [0.4, 0.5) is 0 Å². The van der Waals surface area contributed by atoms with Crippen molar-refractivity contribution in [1.82, 2.24) is 15.0 Å². The van der Waals surface area contributed by atoms with Gasteiger partial charge < -0.3 is 9.47 Å². The van der Waals surface area contributed by atoms with Crippen molar-refractivity contribution in [3.63, 3.8) is 0 Å². The SMILES string of the molecule is COc1ccc(Cn2cc(-c3ccc(OC)cc3)nn2)cc1. The van der Waals surface area contributed by atoms with Gasteiger partial charge in [0.15, 0.2) is 0 Å². The van der Waals surface area contributed by atoms with E-state index < -0.39 is 0 Å². The van der Waals surface area contributed by atoms with Crippen molar-refractivity contribution in [2.45, 2.75) is 6.54 Å². The molecule has 0 bridgehead atoms. The fourth-order valence-corrected chi connectivity index (χ4v) is 2.19. The van der Waals surface area contributed by atoms with Gasteiger partial charge >= 0.3 is 0 Å². The Morgan fingerprint density at radius 2 is 1.45 bits per heavy atom. The molecule has 5 heteroatoms. The van der Waals surface area contributed by atoms with Crippen molar-refractivity contribution in [1.29, 1.82) is 0 Å². The van der Waals surface area contributed by atoms with Gasteiger partial charge in [-0.15, -0.1) is 5.10 Å². The minimum absolute atomic E-state index is 0.674. The summed E-state index contributed by atoms with van der Waals surface area (Å²) in [6, 6.07) is 15.7. The number of rotatable bonds is 5. The highest BCUT2D eigenvalue weighted by Gasteiger charge is 2.05. The van der Waals surface area contributed by atoms with Gasteiger partial charge in [0.2, 0.25) is 0 Å². The Morgan fingerprint density at radius 3 is 2.05 bits per heavy atom. The van der Waals surface area contributed by atoms with E-state index in [9.17, 15) is 0 Å². The highest BCUT2D eigenvalue weighted by Crippen LogP contribution is 2.20. The normalized spacial score (nSPS) is 10.5. The Balaban J connectivity index is 1.74. The van der Waals surface area contributed by atoms with Gasteiger partial charge in [-0.2, -0.15) is 0 Å². The topological polar surface area (TPSA) is 49.2 Å². The number of aromatic nitrogens is 3. The molecule has 0 aliphatic heterocycles. The van der Waals surface area contributed by atoms with E-state index in [1.807, 2.05) is 59.4 Å². The third-order valence-corrected chi connectivity index (χ3v) is 3.43. The molecule has 0 amide bonds. The molecule has 0 spiro atoms. The summed E-state index contributed by atoms with van der Waals surface area (Å²) < 4.78 is 12.1. The minimum atomic E-state index is 0.674. The van der Waals surface area contributed by atoms with Crippen LogP contribution in [0.1, 0.15) is 5.56 Å². The Labute approximate surface area is 129 Å². The van der Waals surface area contributed by atoms with Gasteiger partial charge in [0.25, 0.3) is 0 Å². The molecule has 1 aromatic heterocycles. The van der Waals surface area contributed by atoms with Gasteiger partial charge in [-0.1, -0.05) is 17.3 Å². The summed E-state index contributed by atoms with van der Waals surface area (Å²) in [6.45, 7) is 0.674. The third-order valence-electron chi connectivity index (χ3n) is 3.43. The Morgan fingerprint density at radius 1 is 0.864 bits per heavy atom. The van der Waals surface area contributed by atoms with E-state index in [1.165, 1.54) is 0 Å². The van der Waals surface area contributed by atoms with Gasteiger partial charge in [0.05, 0.1) is 27.0 Å². The van der Waals surface area contributed by atoms with E-state index in [-0.39, 0.29) is 0 Å². The van der Waals surface area contributed by atoms with Crippen LogP contribution in [0.2, 0.25) is 0 Å². The molecule has 3 aromatic rings. The molecule has 0 aliphatic carbocycles. The van der Waals surface area contributed by atoms with Crippen LogP contribution in [-0.4, -0.2) is 29.2 Å². The lowest BCUT2D eigenvalue weighted by Gasteiger charge is -2.03. The van der Waals surface area contributed by atoms with Gasteiger partial charge in [-0.3, -0.25) is 0 Å². The molecule has 0 atom stereocenters. The molecular weight excluding hydrogens is 278 g/mol. The molecule has 3 rings (SSSR count). The minimum Gasteiger partial charge on any atom is -0.497 e.